The summed E-state index contributed by atoms with van der Waals surface area (Å²) in [5.41, 5.74) is 0.392. The second-order valence-corrected chi connectivity index (χ2v) is 4.55. The number of methoxy groups -OCH3 is 2. The number of hydrogen-bond donors (Lipinski definition) is 0. The molecule has 0 atom stereocenters. The molecule has 0 N–H and O–H groups in total. The zero-order chi connectivity index (χ0) is 16.8. The molecule has 0 fully saturated rings. The minimum absolute atomic E-state index is 0.0607. The molecule has 0 saturated heterocycles. The first-order valence-electron chi connectivity index (χ1n) is 6.68. The maximum absolute atomic E-state index is 11.9. The van der Waals surface area contributed by atoms with E-state index in [4.69, 9.17) is 9.47 Å². The van der Waals surface area contributed by atoms with E-state index in [-0.39, 0.29) is 29.4 Å². The van der Waals surface area contributed by atoms with Crippen molar-refractivity contribution in [3.63, 3.8) is 0 Å². The van der Waals surface area contributed by atoms with Gasteiger partial charge < -0.3 is 14.2 Å². The van der Waals surface area contributed by atoms with Crippen LogP contribution in [0.15, 0.2) is 42.5 Å². The van der Waals surface area contributed by atoms with Gasteiger partial charge in [-0.2, -0.15) is 0 Å². The number of ether oxygens (including phenoxy) is 3. The molecular formula is C16H15NO6. The summed E-state index contributed by atoms with van der Waals surface area (Å²) in [5, 5.41) is 11.3. The van der Waals surface area contributed by atoms with Crippen LogP contribution in [0.25, 0.3) is 0 Å². The third-order valence-corrected chi connectivity index (χ3v) is 3.11. The fourth-order valence-electron chi connectivity index (χ4n) is 1.98. The summed E-state index contributed by atoms with van der Waals surface area (Å²) in [7, 11) is 2.54. The smallest absolute Gasteiger partial charge is 0.342 e. The highest BCUT2D eigenvalue weighted by Crippen LogP contribution is 2.36. The number of esters is 1. The summed E-state index contributed by atoms with van der Waals surface area (Å²) in [6.07, 6.45) is 0. The predicted molar refractivity (Wildman–Crippen MR) is 81.8 cm³/mol. The van der Waals surface area contributed by atoms with Crippen LogP contribution in [0.3, 0.4) is 0 Å². The fraction of sp³-hybridized carbons (Fsp3) is 0.188. The molecule has 0 aliphatic carbocycles. The summed E-state index contributed by atoms with van der Waals surface area (Å²) in [6.45, 7) is 0.0814. The lowest BCUT2D eigenvalue weighted by atomic mass is 10.1. The normalized spacial score (nSPS) is 10.0. The molecule has 0 unspecified atom stereocenters. The Morgan fingerprint density at radius 3 is 2.43 bits per heavy atom. The molecule has 0 aliphatic heterocycles. The van der Waals surface area contributed by atoms with Crippen LogP contribution in [0, 0.1) is 10.1 Å². The molecule has 2 aromatic carbocycles. The maximum atomic E-state index is 11.9. The molecule has 0 aromatic heterocycles. The minimum Gasteiger partial charge on any atom is -0.496 e. The average Bonchev–Trinajstić information content (AvgIpc) is 2.59. The van der Waals surface area contributed by atoms with Crippen molar-refractivity contribution in [2.24, 2.45) is 0 Å². The molecule has 0 saturated carbocycles. The van der Waals surface area contributed by atoms with Gasteiger partial charge in [0, 0.05) is 0 Å². The van der Waals surface area contributed by atoms with Crippen LogP contribution in [0.5, 0.6) is 11.5 Å². The Labute approximate surface area is 132 Å². The van der Waals surface area contributed by atoms with Gasteiger partial charge >= 0.3 is 11.7 Å². The molecule has 7 nitrogen and oxygen atoms in total. The molecule has 0 spiro atoms. The Morgan fingerprint density at radius 1 is 1.17 bits per heavy atom. The fourth-order valence-corrected chi connectivity index (χ4v) is 1.98. The Kier molecular flexibility index (Phi) is 5.14. The van der Waals surface area contributed by atoms with Gasteiger partial charge in [-0.25, -0.2) is 4.79 Å². The number of nitro groups is 1. The zero-order valence-corrected chi connectivity index (χ0v) is 12.6. The monoisotopic (exact) mass is 317 g/mol. The van der Waals surface area contributed by atoms with Crippen LogP contribution in [-0.4, -0.2) is 25.1 Å². The first-order chi connectivity index (χ1) is 11.1. The molecule has 0 aliphatic rings. The Morgan fingerprint density at radius 2 is 1.87 bits per heavy atom. The van der Waals surface area contributed by atoms with Crippen LogP contribution < -0.4 is 9.47 Å². The minimum atomic E-state index is -0.741. The van der Waals surface area contributed by atoms with E-state index in [0.717, 1.165) is 5.56 Å². The molecule has 2 rings (SSSR count). The van der Waals surface area contributed by atoms with Gasteiger partial charge in [-0.1, -0.05) is 30.3 Å². The molecule has 7 heteroatoms. The summed E-state index contributed by atoms with van der Waals surface area (Å²) in [6, 6.07) is 11.7. The van der Waals surface area contributed by atoms with Crippen LogP contribution in [0.1, 0.15) is 15.9 Å². The van der Waals surface area contributed by atoms with Crippen molar-refractivity contribution in [1.29, 1.82) is 0 Å². The van der Waals surface area contributed by atoms with E-state index >= 15 is 0 Å². The number of nitro benzene ring substituents is 1. The topological polar surface area (TPSA) is 87.9 Å². The van der Waals surface area contributed by atoms with Crippen molar-refractivity contribution in [3.8, 4) is 11.5 Å². The van der Waals surface area contributed by atoms with Crippen LogP contribution in [0.4, 0.5) is 5.69 Å². The molecule has 2 aromatic rings. The zero-order valence-electron chi connectivity index (χ0n) is 12.6. The second-order valence-electron chi connectivity index (χ2n) is 4.55. The Bertz CT molecular complexity index is 714. The van der Waals surface area contributed by atoms with Crippen molar-refractivity contribution < 1.29 is 23.9 Å². The van der Waals surface area contributed by atoms with E-state index in [1.807, 2.05) is 30.3 Å². The number of benzene rings is 2. The van der Waals surface area contributed by atoms with Crippen molar-refractivity contribution >= 4 is 11.7 Å². The lowest BCUT2D eigenvalue weighted by molar-refractivity contribution is -0.386. The predicted octanol–water partition coefficient (Wildman–Crippen LogP) is 2.97. The Balaban J connectivity index is 2.45. The molecule has 120 valence electrons. The summed E-state index contributed by atoms with van der Waals surface area (Å²) >= 11 is 0. The third kappa shape index (κ3) is 3.76. The molecule has 0 radical (unpaired) electrons. The molecule has 0 bridgehead atoms. The number of carbonyl (C=O) groups excluding carboxylic acids is 1. The van der Waals surface area contributed by atoms with Gasteiger partial charge in [-0.05, 0) is 11.6 Å². The molecular weight excluding hydrogens is 302 g/mol. The first kappa shape index (κ1) is 16.3. The number of rotatable bonds is 6. The standard InChI is InChI=1S/C16H15NO6/c1-21-12-8-13(16(18)22-2)15(14(9-12)17(19)20)23-10-11-6-4-3-5-7-11/h3-9H,10H2,1-2H3. The number of carbonyl (C=O) groups is 1. The van der Waals surface area contributed by atoms with Gasteiger partial charge in [0.05, 0.1) is 25.2 Å². The molecule has 0 amide bonds. The average molecular weight is 317 g/mol. The van der Waals surface area contributed by atoms with Gasteiger partial charge in [0.25, 0.3) is 0 Å². The number of hydrogen-bond acceptors (Lipinski definition) is 6. The molecule has 0 heterocycles. The maximum Gasteiger partial charge on any atom is 0.342 e. The van der Waals surface area contributed by atoms with Gasteiger partial charge in [-0.15, -0.1) is 0 Å². The third-order valence-electron chi connectivity index (χ3n) is 3.11. The second kappa shape index (κ2) is 7.26. The van der Waals surface area contributed by atoms with E-state index in [2.05, 4.69) is 4.74 Å². The van der Waals surface area contributed by atoms with Crippen LogP contribution in [0.2, 0.25) is 0 Å². The van der Waals surface area contributed by atoms with Crippen molar-refractivity contribution in [3.05, 3.63) is 63.7 Å². The van der Waals surface area contributed by atoms with E-state index in [0.29, 0.717) is 0 Å². The molecule has 23 heavy (non-hydrogen) atoms. The van der Waals surface area contributed by atoms with E-state index in [1.54, 1.807) is 0 Å². The highest BCUT2D eigenvalue weighted by molar-refractivity contribution is 5.94. The van der Waals surface area contributed by atoms with Crippen molar-refractivity contribution in [2.45, 2.75) is 6.61 Å². The van der Waals surface area contributed by atoms with E-state index in [9.17, 15) is 14.9 Å². The lowest BCUT2D eigenvalue weighted by Gasteiger charge is -2.12. The van der Waals surface area contributed by atoms with Crippen molar-refractivity contribution in [2.75, 3.05) is 14.2 Å². The van der Waals surface area contributed by atoms with Gasteiger partial charge in [0.2, 0.25) is 5.75 Å². The number of nitrogens with zero attached hydrogens (tertiary/aromatic N) is 1. The largest absolute Gasteiger partial charge is 0.496 e. The van der Waals surface area contributed by atoms with Gasteiger partial charge in [0.15, 0.2) is 0 Å². The summed E-state index contributed by atoms with van der Waals surface area (Å²) in [4.78, 5) is 22.6. The van der Waals surface area contributed by atoms with Gasteiger partial charge in [-0.3, -0.25) is 10.1 Å². The summed E-state index contributed by atoms with van der Waals surface area (Å²) < 4.78 is 15.2. The van der Waals surface area contributed by atoms with E-state index in [1.165, 1.54) is 26.4 Å². The summed E-state index contributed by atoms with van der Waals surface area (Å²) in [5.74, 6) is -0.717. The Hall–Kier alpha value is -3.09. The van der Waals surface area contributed by atoms with Crippen LogP contribution >= 0.6 is 0 Å². The van der Waals surface area contributed by atoms with Crippen LogP contribution in [-0.2, 0) is 11.3 Å². The van der Waals surface area contributed by atoms with Crippen molar-refractivity contribution in [1.82, 2.24) is 0 Å². The SMILES string of the molecule is COC(=O)c1cc(OC)cc([N+](=O)[O-])c1OCc1ccccc1. The highest BCUT2D eigenvalue weighted by atomic mass is 16.6. The first-order valence-corrected chi connectivity index (χ1v) is 6.68. The lowest BCUT2D eigenvalue weighted by Crippen LogP contribution is -2.09. The van der Waals surface area contributed by atoms with E-state index < -0.39 is 10.9 Å². The van der Waals surface area contributed by atoms with Gasteiger partial charge in [0.1, 0.15) is 17.9 Å². The quantitative estimate of drug-likeness (QED) is 0.462. The highest BCUT2D eigenvalue weighted by Gasteiger charge is 2.26.